The zero-order valence-corrected chi connectivity index (χ0v) is 17.6. The molecule has 4 aromatic rings. The molecule has 0 spiro atoms. The van der Waals surface area contributed by atoms with E-state index in [0.717, 1.165) is 0 Å². The Morgan fingerprint density at radius 2 is 1.78 bits per heavy atom. The summed E-state index contributed by atoms with van der Waals surface area (Å²) >= 11 is 1.40. The van der Waals surface area contributed by atoms with Crippen molar-refractivity contribution in [2.75, 3.05) is 13.2 Å². The second-order valence-corrected chi connectivity index (χ2v) is 7.79. The van der Waals surface area contributed by atoms with E-state index in [9.17, 15) is 9.59 Å². The van der Waals surface area contributed by atoms with Crippen LogP contribution in [0, 0.1) is 0 Å². The van der Waals surface area contributed by atoms with Gasteiger partial charge in [0.15, 0.2) is 28.1 Å². The largest absolute Gasteiger partial charge is 0.486 e. The summed E-state index contributed by atoms with van der Waals surface area (Å²) in [5.41, 5.74) is 1.44. The zero-order chi connectivity index (χ0) is 21.9. The molecule has 8 heteroatoms. The van der Waals surface area contributed by atoms with Crippen molar-refractivity contribution >= 4 is 23.1 Å². The molecule has 0 atom stereocenters. The fourth-order valence-corrected chi connectivity index (χ4v) is 4.07. The molecule has 2 aromatic heterocycles. The van der Waals surface area contributed by atoms with Crippen molar-refractivity contribution in [3.8, 4) is 22.3 Å². The van der Waals surface area contributed by atoms with Gasteiger partial charge in [0.1, 0.15) is 19.8 Å². The highest BCUT2D eigenvalue weighted by Crippen LogP contribution is 2.32. The Kier molecular flexibility index (Phi) is 5.43. The molecular weight excluding hydrogens is 430 g/mol. The van der Waals surface area contributed by atoms with E-state index in [0.29, 0.717) is 46.7 Å². The van der Waals surface area contributed by atoms with E-state index in [1.165, 1.54) is 11.3 Å². The third-order valence-electron chi connectivity index (χ3n) is 4.83. The zero-order valence-electron chi connectivity index (χ0n) is 16.8. The maximum absolute atomic E-state index is 13.1. The molecule has 0 saturated carbocycles. The monoisotopic (exact) mass is 447 g/mol. The second-order valence-electron chi connectivity index (χ2n) is 6.93. The molecule has 0 unspecified atom stereocenters. The number of benzene rings is 2. The number of fused-ring (bicyclic) bond motifs is 1. The Morgan fingerprint density at radius 1 is 0.969 bits per heavy atom. The van der Waals surface area contributed by atoms with Crippen LogP contribution in [-0.2, 0) is 11.3 Å². The number of hydrogen-bond donors (Lipinski definition) is 0. The number of carbonyl (C=O) groups excluding carboxylic acids is 2. The molecule has 0 N–H and O–H groups in total. The first-order valence-corrected chi connectivity index (χ1v) is 10.8. The SMILES string of the molecule is O=C(OCc1csc(-c2ccco2)n1)c1ccccc1C(=O)c1ccc2c(c1)OCCO2. The van der Waals surface area contributed by atoms with Gasteiger partial charge in [-0.3, -0.25) is 4.79 Å². The molecule has 0 fully saturated rings. The minimum absolute atomic E-state index is 0.0113. The molecular formula is C24H17NO6S. The number of rotatable bonds is 6. The van der Waals surface area contributed by atoms with Gasteiger partial charge in [-0.1, -0.05) is 18.2 Å². The summed E-state index contributed by atoms with van der Waals surface area (Å²) in [6.07, 6.45) is 1.58. The normalized spacial score (nSPS) is 12.4. The fourth-order valence-electron chi connectivity index (χ4n) is 3.30. The highest BCUT2D eigenvalue weighted by atomic mass is 32.1. The summed E-state index contributed by atoms with van der Waals surface area (Å²) in [6, 6.07) is 15.2. The maximum Gasteiger partial charge on any atom is 0.339 e. The Bertz CT molecular complexity index is 1280. The van der Waals surface area contributed by atoms with E-state index < -0.39 is 5.97 Å². The molecule has 32 heavy (non-hydrogen) atoms. The third kappa shape index (κ3) is 4.00. The van der Waals surface area contributed by atoms with Crippen LogP contribution in [0.2, 0.25) is 0 Å². The second kappa shape index (κ2) is 8.68. The summed E-state index contributed by atoms with van der Waals surface area (Å²) in [6.45, 7) is 0.880. The van der Waals surface area contributed by atoms with Gasteiger partial charge >= 0.3 is 5.97 Å². The van der Waals surface area contributed by atoms with Gasteiger partial charge in [-0.05, 0) is 36.4 Å². The molecule has 2 aromatic carbocycles. The Labute approximate surface area is 187 Å². The van der Waals surface area contributed by atoms with Crippen molar-refractivity contribution in [2.45, 2.75) is 6.61 Å². The molecule has 0 aliphatic carbocycles. The van der Waals surface area contributed by atoms with Crippen molar-refractivity contribution in [1.82, 2.24) is 4.98 Å². The fraction of sp³-hybridized carbons (Fsp3) is 0.125. The molecule has 0 amide bonds. The summed E-state index contributed by atoms with van der Waals surface area (Å²) in [5, 5.41) is 2.51. The lowest BCUT2D eigenvalue weighted by Gasteiger charge is -2.18. The van der Waals surface area contributed by atoms with Crippen LogP contribution >= 0.6 is 11.3 Å². The molecule has 0 bridgehead atoms. The Balaban J connectivity index is 1.33. The summed E-state index contributed by atoms with van der Waals surface area (Å²) in [7, 11) is 0. The number of nitrogens with zero attached hydrogens (tertiary/aromatic N) is 1. The topological polar surface area (TPSA) is 87.9 Å². The van der Waals surface area contributed by atoms with E-state index in [-0.39, 0.29) is 23.5 Å². The van der Waals surface area contributed by atoms with Crippen LogP contribution in [0.1, 0.15) is 32.0 Å². The van der Waals surface area contributed by atoms with Crippen LogP contribution in [-0.4, -0.2) is 30.0 Å². The molecule has 7 nitrogen and oxygen atoms in total. The van der Waals surface area contributed by atoms with Crippen LogP contribution in [0.5, 0.6) is 11.5 Å². The molecule has 3 heterocycles. The van der Waals surface area contributed by atoms with Gasteiger partial charge in [-0.2, -0.15) is 0 Å². The summed E-state index contributed by atoms with van der Waals surface area (Å²) in [4.78, 5) is 30.3. The smallest absolute Gasteiger partial charge is 0.339 e. The van der Waals surface area contributed by atoms with Crippen molar-refractivity contribution in [1.29, 1.82) is 0 Å². The third-order valence-corrected chi connectivity index (χ3v) is 5.74. The number of esters is 1. The minimum Gasteiger partial charge on any atom is -0.486 e. The van der Waals surface area contributed by atoms with E-state index in [1.54, 1.807) is 60.2 Å². The molecule has 5 rings (SSSR count). The highest BCUT2D eigenvalue weighted by molar-refractivity contribution is 7.13. The first kappa shape index (κ1) is 20.0. The van der Waals surface area contributed by atoms with Crippen molar-refractivity contribution in [3.05, 3.63) is 88.6 Å². The number of aromatic nitrogens is 1. The number of furan rings is 1. The van der Waals surface area contributed by atoms with Crippen molar-refractivity contribution in [2.24, 2.45) is 0 Å². The Morgan fingerprint density at radius 3 is 2.59 bits per heavy atom. The van der Waals surface area contributed by atoms with Crippen molar-refractivity contribution < 1.29 is 28.2 Å². The van der Waals surface area contributed by atoms with E-state index >= 15 is 0 Å². The maximum atomic E-state index is 13.1. The number of ketones is 1. The number of thiazole rings is 1. The van der Waals surface area contributed by atoms with Crippen molar-refractivity contribution in [3.63, 3.8) is 0 Å². The van der Waals surface area contributed by atoms with E-state index in [1.807, 2.05) is 6.07 Å². The molecule has 160 valence electrons. The predicted molar refractivity (Wildman–Crippen MR) is 116 cm³/mol. The van der Waals surface area contributed by atoms with Crippen LogP contribution < -0.4 is 9.47 Å². The lowest BCUT2D eigenvalue weighted by Crippen LogP contribution is -2.16. The predicted octanol–water partition coefficient (Wildman–Crippen LogP) is 4.76. The molecule has 1 aliphatic heterocycles. The lowest BCUT2D eigenvalue weighted by molar-refractivity contribution is 0.0466. The first-order chi connectivity index (χ1) is 15.7. The van der Waals surface area contributed by atoms with Crippen LogP contribution in [0.4, 0.5) is 0 Å². The highest BCUT2D eigenvalue weighted by Gasteiger charge is 2.22. The summed E-state index contributed by atoms with van der Waals surface area (Å²) in [5.74, 6) is 0.862. The number of ether oxygens (including phenoxy) is 3. The summed E-state index contributed by atoms with van der Waals surface area (Å²) < 4.78 is 21.8. The van der Waals surface area contributed by atoms with Gasteiger partial charge in [0.2, 0.25) is 0 Å². The van der Waals surface area contributed by atoms with Gasteiger partial charge in [0, 0.05) is 16.5 Å². The van der Waals surface area contributed by atoms with Gasteiger partial charge < -0.3 is 18.6 Å². The van der Waals surface area contributed by atoms with Gasteiger partial charge in [0.05, 0.1) is 17.5 Å². The lowest BCUT2D eigenvalue weighted by atomic mass is 9.98. The van der Waals surface area contributed by atoms with E-state index in [2.05, 4.69) is 4.98 Å². The standard InChI is InChI=1S/C24H17NO6S/c26-22(15-7-8-19-21(12-15)30-11-10-29-19)17-4-1-2-5-18(17)24(27)31-13-16-14-32-23(25-16)20-6-3-9-28-20/h1-9,12,14H,10-11,13H2. The van der Waals surface area contributed by atoms with Crippen LogP contribution in [0.25, 0.3) is 10.8 Å². The average molecular weight is 447 g/mol. The number of hydrogen-bond acceptors (Lipinski definition) is 8. The van der Waals surface area contributed by atoms with Crippen LogP contribution in [0.3, 0.4) is 0 Å². The first-order valence-electron chi connectivity index (χ1n) is 9.88. The minimum atomic E-state index is -0.598. The van der Waals surface area contributed by atoms with E-state index in [4.69, 9.17) is 18.6 Å². The Hall–Kier alpha value is -3.91. The van der Waals surface area contributed by atoms with Gasteiger partial charge in [-0.25, -0.2) is 9.78 Å². The average Bonchev–Trinajstić information content (AvgIpc) is 3.54. The van der Waals surface area contributed by atoms with Gasteiger partial charge in [0.25, 0.3) is 0 Å². The quantitative estimate of drug-likeness (QED) is 0.311. The molecule has 0 radical (unpaired) electrons. The number of carbonyl (C=O) groups is 2. The molecule has 0 saturated heterocycles. The van der Waals surface area contributed by atoms with Gasteiger partial charge in [-0.15, -0.1) is 11.3 Å². The van der Waals surface area contributed by atoms with Crippen LogP contribution in [0.15, 0.2) is 70.7 Å². The molecule has 1 aliphatic rings.